The second-order valence-electron chi connectivity index (χ2n) is 12.6. The number of rotatable bonds is 6. The van der Waals surface area contributed by atoms with Gasteiger partial charge < -0.3 is 14.2 Å². The third kappa shape index (κ3) is 4.75. The number of hydrogen-bond donors (Lipinski definition) is 0. The Hall–Kier alpha value is -1.59. The number of hydrogen-bond acceptors (Lipinski definition) is 6. The van der Waals surface area contributed by atoms with E-state index in [1.54, 1.807) is 6.92 Å². The van der Waals surface area contributed by atoms with Crippen LogP contribution in [-0.2, 0) is 28.6 Å². The van der Waals surface area contributed by atoms with Crippen LogP contribution in [0.4, 0.5) is 0 Å². The molecule has 0 aromatic heterocycles. The number of esters is 3. The highest BCUT2D eigenvalue weighted by Gasteiger charge is 2.65. The van der Waals surface area contributed by atoms with E-state index >= 15 is 0 Å². The Balaban J connectivity index is 1.58. The monoisotopic (exact) mass is 490 g/mol. The molecule has 0 N–H and O–H groups in total. The van der Waals surface area contributed by atoms with Gasteiger partial charge >= 0.3 is 17.9 Å². The summed E-state index contributed by atoms with van der Waals surface area (Å²) >= 11 is 0. The van der Waals surface area contributed by atoms with Gasteiger partial charge in [0.2, 0.25) is 0 Å². The van der Waals surface area contributed by atoms with Gasteiger partial charge in [0.15, 0.2) is 0 Å². The molecule has 0 spiro atoms. The summed E-state index contributed by atoms with van der Waals surface area (Å²) in [5, 5.41) is 0. The zero-order chi connectivity index (χ0) is 25.5. The van der Waals surface area contributed by atoms with Gasteiger partial charge in [0.25, 0.3) is 0 Å². The molecule has 4 rings (SSSR count). The van der Waals surface area contributed by atoms with Crippen molar-refractivity contribution in [2.45, 2.75) is 111 Å². The molecule has 0 bridgehead atoms. The third-order valence-electron chi connectivity index (χ3n) is 11.1. The number of carbonyl (C=O) groups is 3. The zero-order valence-corrected chi connectivity index (χ0v) is 22.6. The molecule has 0 amide bonds. The fraction of sp³-hybridized carbons (Fsp3) is 0.897. The van der Waals surface area contributed by atoms with Crippen molar-refractivity contribution in [1.82, 2.24) is 0 Å². The van der Waals surface area contributed by atoms with E-state index in [2.05, 4.69) is 20.8 Å². The summed E-state index contributed by atoms with van der Waals surface area (Å²) in [4.78, 5) is 35.7. The van der Waals surface area contributed by atoms with Crippen LogP contribution in [0.5, 0.6) is 0 Å². The molecule has 35 heavy (non-hydrogen) atoms. The van der Waals surface area contributed by atoms with Crippen molar-refractivity contribution in [3.05, 3.63) is 0 Å². The maximum Gasteiger partial charge on any atom is 0.305 e. The summed E-state index contributed by atoms with van der Waals surface area (Å²) in [5.74, 6) is 2.60. The standard InChI is InChI=1S/C29H46O6/c1-17(7-12-27(32)33-6)23-10-11-24-22-9-8-20-15-21(34-18(2)30)13-14-28(20,4)25(22)16-26(29(23,24)5)35-19(3)31/h17,20-26H,7-16H2,1-6H3/t17-,20?,21-,22+,23-,24+,25+,26+,28+,29-/m1/s1. The Bertz CT molecular complexity index is 824. The smallest absolute Gasteiger partial charge is 0.305 e. The average Bonchev–Trinajstić information content (AvgIpc) is 3.16. The second-order valence-corrected chi connectivity index (χ2v) is 12.6. The summed E-state index contributed by atoms with van der Waals surface area (Å²) in [7, 11) is 1.45. The van der Waals surface area contributed by atoms with Crippen molar-refractivity contribution in [3.63, 3.8) is 0 Å². The molecule has 4 saturated carbocycles. The van der Waals surface area contributed by atoms with E-state index in [0.29, 0.717) is 41.9 Å². The van der Waals surface area contributed by atoms with Crippen molar-refractivity contribution in [1.29, 1.82) is 0 Å². The van der Waals surface area contributed by atoms with Crippen molar-refractivity contribution in [3.8, 4) is 0 Å². The Kier molecular flexibility index (Phi) is 7.60. The molecule has 0 radical (unpaired) electrons. The van der Waals surface area contributed by atoms with Gasteiger partial charge in [-0.15, -0.1) is 0 Å². The molecule has 4 aliphatic rings. The molecule has 4 aliphatic carbocycles. The lowest BCUT2D eigenvalue weighted by atomic mass is 9.43. The summed E-state index contributed by atoms with van der Waals surface area (Å²) < 4.78 is 16.7. The van der Waals surface area contributed by atoms with Crippen LogP contribution < -0.4 is 0 Å². The van der Waals surface area contributed by atoms with Crippen molar-refractivity contribution in [2.24, 2.45) is 46.3 Å². The van der Waals surface area contributed by atoms with Gasteiger partial charge in [0.1, 0.15) is 12.2 Å². The number of fused-ring (bicyclic) bond motifs is 5. The van der Waals surface area contributed by atoms with Crippen LogP contribution in [0.3, 0.4) is 0 Å². The van der Waals surface area contributed by atoms with Gasteiger partial charge in [-0.1, -0.05) is 20.8 Å². The molecular weight excluding hydrogens is 444 g/mol. The topological polar surface area (TPSA) is 78.9 Å². The molecule has 0 heterocycles. The molecule has 6 nitrogen and oxygen atoms in total. The second kappa shape index (κ2) is 10.0. The lowest BCUT2D eigenvalue weighted by molar-refractivity contribution is -0.197. The molecule has 4 fully saturated rings. The number of methoxy groups -OCH3 is 1. The molecule has 0 aromatic carbocycles. The first-order valence-corrected chi connectivity index (χ1v) is 13.9. The minimum absolute atomic E-state index is 0.0479. The fourth-order valence-corrected chi connectivity index (χ4v) is 9.48. The fourth-order valence-electron chi connectivity index (χ4n) is 9.48. The summed E-state index contributed by atoms with van der Waals surface area (Å²) in [6, 6.07) is 0. The van der Waals surface area contributed by atoms with Crippen molar-refractivity contribution in [2.75, 3.05) is 7.11 Å². The molecule has 198 valence electrons. The molecule has 0 aromatic rings. The van der Waals surface area contributed by atoms with Crippen LogP contribution in [-0.4, -0.2) is 37.2 Å². The molecule has 1 unspecified atom stereocenters. The first kappa shape index (κ1) is 26.5. The van der Waals surface area contributed by atoms with Gasteiger partial charge in [-0.25, -0.2) is 0 Å². The predicted molar refractivity (Wildman–Crippen MR) is 132 cm³/mol. The van der Waals surface area contributed by atoms with Crippen molar-refractivity contribution >= 4 is 17.9 Å². The average molecular weight is 491 g/mol. The van der Waals surface area contributed by atoms with E-state index < -0.39 is 0 Å². The lowest BCUT2D eigenvalue weighted by Crippen LogP contribution is -2.59. The minimum Gasteiger partial charge on any atom is -0.469 e. The summed E-state index contributed by atoms with van der Waals surface area (Å²) in [6.45, 7) is 10.2. The van der Waals surface area contributed by atoms with E-state index in [0.717, 1.165) is 38.5 Å². The molecular formula is C29H46O6. The van der Waals surface area contributed by atoms with E-state index in [-0.39, 0.29) is 40.9 Å². The van der Waals surface area contributed by atoms with Gasteiger partial charge in [-0.3, -0.25) is 14.4 Å². The van der Waals surface area contributed by atoms with Gasteiger partial charge in [0, 0.05) is 25.7 Å². The quantitative estimate of drug-likeness (QED) is 0.351. The zero-order valence-electron chi connectivity index (χ0n) is 22.6. The Morgan fingerprint density at radius 2 is 1.63 bits per heavy atom. The predicted octanol–water partition coefficient (Wildman–Crippen LogP) is 5.71. The maximum absolute atomic E-state index is 12.3. The van der Waals surface area contributed by atoms with Crippen LogP contribution in [0, 0.1) is 46.3 Å². The van der Waals surface area contributed by atoms with E-state index in [1.165, 1.54) is 33.3 Å². The molecule has 10 atom stereocenters. The molecule has 6 heteroatoms. The van der Waals surface area contributed by atoms with Crippen LogP contribution in [0.2, 0.25) is 0 Å². The number of ether oxygens (including phenoxy) is 3. The van der Waals surface area contributed by atoms with Crippen LogP contribution in [0.1, 0.15) is 98.8 Å². The Morgan fingerprint density at radius 3 is 2.29 bits per heavy atom. The summed E-state index contributed by atoms with van der Waals surface area (Å²) in [5.41, 5.74) is 0.147. The summed E-state index contributed by atoms with van der Waals surface area (Å²) in [6.07, 6.45) is 9.87. The van der Waals surface area contributed by atoms with E-state index in [4.69, 9.17) is 14.2 Å². The van der Waals surface area contributed by atoms with Crippen LogP contribution >= 0.6 is 0 Å². The Labute approximate surface area is 211 Å². The largest absolute Gasteiger partial charge is 0.469 e. The van der Waals surface area contributed by atoms with Gasteiger partial charge in [-0.2, -0.15) is 0 Å². The van der Waals surface area contributed by atoms with Crippen LogP contribution in [0.15, 0.2) is 0 Å². The molecule has 0 saturated heterocycles. The maximum atomic E-state index is 12.3. The van der Waals surface area contributed by atoms with Crippen LogP contribution in [0.25, 0.3) is 0 Å². The van der Waals surface area contributed by atoms with Gasteiger partial charge in [-0.05, 0) is 98.7 Å². The van der Waals surface area contributed by atoms with Gasteiger partial charge in [0.05, 0.1) is 7.11 Å². The first-order valence-electron chi connectivity index (χ1n) is 13.9. The van der Waals surface area contributed by atoms with E-state index in [1.807, 2.05) is 0 Å². The minimum atomic E-state index is -0.183. The lowest BCUT2D eigenvalue weighted by Gasteiger charge is -2.62. The van der Waals surface area contributed by atoms with E-state index in [9.17, 15) is 14.4 Å². The highest BCUT2D eigenvalue weighted by Crippen LogP contribution is 2.69. The Morgan fingerprint density at radius 1 is 0.914 bits per heavy atom. The first-order chi connectivity index (χ1) is 16.5. The highest BCUT2D eigenvalue weighted by atomic mass is 16.5. The normalized spacial score (nSPS) is 43.2. The number of carbonyl (C=O) groups excluding carboxylic acids is 3. The SMILES string of the molecule is COC(=O)CC[C@@H](C)[C@H]1CC[C@H]2[C@@H]3CCC4C[C@H](OC(C)=O)CC[C@]4(C)[C@H]3C[C@H](OC(C)=O)[C@]12C. The molecule has 0 aliphatic heterocycles. The third-order valence-corrected chi connectivity index (χ3v) is 11.1. The van der Waals surface area contributed by atoms with Crippen molar-refractivity contribution < 1.29 is 28.6 Å². The highest BCUT2D eigenvalue weighted by molar-refractivity contribution is 5.69.